The van der Waals surface area contributed by atoms with Crippen molar-refractivity contribution in [1.29, 1.82) is 0 Å². The number of nitrogens with one attached hydrogen (secondary N) is 3. The highest BCUT2D eigenvalue weighted by molar-refractivity contribution is 7.10. The minimum Gasteiger partial charge on any atom is -0.329 e. The average molecular weight is 358 g/mol. The van der Waals surface area contributed by atoms with Gasteiger partial charge in [0.25, 0.3) is 5.69 Å². The fraction of sp³-hybridized carbons (Fsp3) is 0.125. The van der Waals surface area contributed by atoms with Gasteiger partial charge in [0.1, 0.15) is 5.92 Å². The number of amides is 3. The van der Waals surface area contributed by atoms with Crippen molar-refractivity contribution in [3.63, 3.8) is 0 Å². The molecule has 0 saturated carbocycles. The summed E-state index contributed by atoms with van der Waals surface area (Å²) in [5, 5.41) is 20.6. The van der Waals surface area contributed by atoms with Crippen LogP contribution in [0.15, 0.2) is 54.1 Å². The number of thiophene rings is 1. The Morgan fingerprint density at radius 3 is 2.80 bits per heavy atom. The van der Waals surface area contributed by atoms with E-state index in [9.17, 15) is 19.7 Å². The molecule has 1 aromatic carbocycles. The molecule has 3 amide bonds. The molecule has 1 aromatic heterocycles. The molecule has 0 aliphatic carbocycles. The largest absolute Gasteiger partial charge is 0.329 e. The highest BCUT2D eigenvalue weighted by Gasteiger charge is 2.38. The molecule has 0 spiro atoms. The number of benzene rings is 1. The summed E-state index contributed by atoms with van der Waals surface area (Å²) in [5.74, 6) is -1.17. The minimum atomic E-state index is -0.754. The molecule has 3 rings (SSSR count). The summed E-state index contributed by atoms with van der Waals surface area (Å²) in [6, 6.07) is 8.32. The third kappa shape index (κ3) is 3.50. The summed E-state index contributed by atoms with van der Waals surface area (Å²) in [6.45, 7) is 3.78. The summed E-state index contributed by atoms with van der Waals surface area (Å²) in [6.07, 6.45) is 0. The number of non-ortho nitro benzene ring substituents is 1. The Morgan fingerprint density at radius 1 is 1.32 bits per heavy atom. The van der Waals surface area contributed by atoms with Crippen LogP contribution in [-0.2, 0) is 4.79 Å². The monoisotopic (exact) mass is 358 g/mol. The van der Waals surface area contributed by atoms with Crippen molar-refractivity contribution < 1.29 is 14.5 Å². The van der Waals surface area contributed by atoms with Gasteiger partial charge >= 0.3 is 6.03 Å². The van der Waals surface area contributed by atoms with Gasteiger partial charge in [-0.3, -0.25) is 14.9 Å². The van der Waals surface area contributed by atoms with Crippen molar-refractivity contribution in [2.24, 2.45) is 5.92 Å². The van der Waals surface area contributed by atoms with Gasteiger partial charge in [-0.1, -0.05) is 18.7 Å². The fourth-order valence-electron chi connectivity index (χ4n) is 2.62. The standard InChI is InChI=1S/C16H14N4O4S/c1-9-13(14(19-16(22)17-9)12-6-3-7-25-12)15(21)18-10-4-2-5-11(8-10)20(23)24/h2-8,13-14H,1H2,(H,18,21)(H2,17,19,22)/t13-,14-/m1/s1. The molecule has 0 radical (unpaired) electrons. The first kappa shape index (κ1) is 16.7. The number of nitro groups is 1. The quantitative estimate of drug-likeness (QED) is 0.576. The molecule has 2 heterocycles. The molecule has 1 aliphatic rings. The van der Waals surface area contributed by atoms with Crippen LogP contribution in [0, 0.1) is 16.0 Å². The molecule has 128 valence electrons. The van der Waals surface area contributed by atoms with Crippen molar-refractivity contribution in [2.75, 3.05) is 5.32 Å². The summed E-state index contributed by atoms with van der Waals surface area (Å²) < 4.78 is 0. The second-order valence-corrected chi connectivity index (χ2v) is 6.37. The number of hydrogen-bond acceptors (Lipinski definition) is 5. The Kier molecular flexibility index (Phi) is 4.48. The van der Waals surface area contributed by atoms with Crippen LogP contribution in [-0.4, -0.2) is 16.9 Å². The first-order valence-corrected chi connectivity index (χ1v) is 8.18. The number of hydrogen-bond donors (Lipinski definition) is 3. The second-order valence-electron chi connectivity index (χ2n) is 5.39. The first-order valence-electron chi connectivity index (χ1n) is 7.31. The smallest absolute Gasteiger partial charge is 0.319 e. The molecule has 2 atom stereocenters. The van der Waals surface area contributed by atoms with Crippen LogP contribution >= 0.6 is 11.3 Å². The van der Waals surface area contributed by atoms with Crippen LogP contribution in [0.25, 0.3) is 0 Å². The fourth-order valence-corrected chi connectivity index (χ4v) is 3.43. The van der Waals surface area contributed by atoms with E-state index in [2.05, 4.69) is 22.5 Å². The molecular weight excluding hydrogens is 344 g/mol. The van der Waals surface area contributed by atoms with Crippen molar-refractivity contribution in [1.82, 2.24) is 10.6 Å². The van der Waals surface area contributed by atoms with Gasteiger partial charge in [-0.25, -0.2) is 4.79 Å². The van der Waals surface area contributed by atoms with Gasteiger partial charge < -0.3 is 16.0 Å². The van der Waals surface area contributed by atoms with Crippen molar-refractivity contribution in [2.45, 2.75) is 6.04 Å². The van der Waals surface area contributed by atoms with Crippen LogP contribution in [0.5, 0.6) is 0 Å². The highest BCUT2D eigenvalue weighted by atomic mass is 32.1. The highest BCUT2D eigenvalue weighted by Crippen LogP contribution is 2.33. The minimum absolute atomic E-state index is 0.124. The lowest BCUT2D eigenvalue weighted by Crippen LogP contribution is -2.51. The van der Waals surface area contributed by atoms with E-state index in [1.165, 1.54) is 29.5 Å². The van der Waals surface area contributed by atoms with Gasteiger partial charge in [-0.2, -0.15) is 0 Å². The van der Waals surface area contributed by atoms with Gasteiger partial charge in [-0.15, -0.1) is 11.3 Å². The van der Waals surface area contributed by atoms with Crippen LogP contribution in [0.3, 0.4) is 0 Å². The molecular formula is C16H14N4O4S. The molecule has 9 heteroatoms. The lowest BCUT2D eigenvalue weighted by Gasteiger charge is -2.33. The maximum atomic E-state index is 12.7. The normalized spacial score (nSPS) is 19.7. The molecule has 1 saturated heterocycles. The molecule has 1 fully saturated rings. The van der Waals surface area contributed by atoms with E-state index in [1.807, 2.05) is 17.5 Å². The van der Waals surface area contributed by atoms with Crippen LogP contribution in [0.1, 0.15) is 10.9 Å². The van der Waals surface area contributed by atoms with E-state index >= 15 is 0 Å². The Bertz CT molecular complexity index is 850. The lowest BCUT2D eigenvalue weighted by molar-refractivity contribution is -0.384. The molecule has 3 N–H and O–H groups in total. The zero-order chi connectivity index (χ0) is 18.0. The SMILES string of the molecule is C=C1NC(=O)N[C@H](c2cccs2)[C@@H]1C(=O)Nc1cccc([N+](=O)[O-])c1. The van der Waals surface area contributed by atoms with Crippen LogP contribution in [0.2, 0.25) is 0 Å². The topological polar surface area (TPSA) is 113 Å². The van der Waals surface area contributed by atoms with E-state index in [-0.39, 0.29) is 11.4 Å². The number of nitro benzene ring substituents is 1. The summed E-state index contributed by atoms with van der Waals surface area (Å²) in [7, 11) is 0. The molecule has 0 unspecified atom stereocenters. The molecule has 0 bridgehead atoms. The zero-order valence-corrected chi connectivity index (χ0v) is 13.7. The Labute approximate surface area is 146 Å². The number of rotatable bonds is 4. The van der Waals surface area contributed by atoms with E-state index < -0.39 is 28.8 Å². The number of carbonyl (C=O) groups is 2. The summed E-state index contributed by atoms with van der Waals surface area (Å²) in [4.78, 5) is 35.6. The van der Waals surface area contributed by atoms with E-state index in [1.54, 1.807) is 6.07 Å². The van der Waals surface area contributed by atoms with Crippen molar-refractivity contribution in [3.05, 3.63) is 69.0 Å². The van der Waals surface area contributed by atoms with Crippen LogP contribution < -0.4 is 16.0 Å². The van der Waals surface area contributed by atoms with E-state index in [0.717, 1.165) is 4.88 Å². The van der Waals surface area contributed by atoms with Gasteiger partial charge in [0.05, 0.1) is 11.0 Å². The van der Waals surface area contributed by atoms with Gasteiger partial charge in [0.2, 0.25) is 5.91 Å². The molecule has 1 aliphatic heterocycles. The predicted octanol–water partition coefficient (Wildman–Crippen LogP) is 2.78. The van der Waals surface area contributed by atoms with Crippen molar-refractivity contribution >= 4 is 34.6 Å². The molecule has 2 aromatic rings. The third-order valence-electron chi connectivity index (χ3n) is 3.73. The molecule has 8 nitrogen and oxygen atoms in total. The predicted molar refractivity (Wildman–Crippen MR) is 93.1 cm³/mol. The Balaban J connectivity index is 1.85. The zero-order valence-electron chi connectivity index (χ0n) is 12.9. The number of nitrogens with zero attached hydrogens (tertiary/aromatic N) is 1. The van der Waals surface area contributed by atoms with Gasteiger partial charge in [0.15, 0.2) is 0 Å². The molecule has 25 heavy (non-hydrogen) atoms. The third-order valence-corrected chi connectivity index (χ3v) is 4.68. The summed E-state index contributed by atoms with van der Waals surface area (Å²) >= 11 is 1.41. The van der Waals surface area contributed by atoms with Crippen molar-refractivity contribution in [3.8, 4) is 0 Å². The number of carbonyl (C=O) groups excluding carboxylic acids is 2. The first-order chi connectivity index (χ1) is 12.0. The number of urea groups is 1. The van der Waals surface area contributed by atoms with Gasteiger partial charge in [-0.05, 0) is 17.5 Å². The Morgan fingerprint density at radius 2 is 2.12 bits per heavy atom. The average Bonchev–Trinajstić information content (AvgIpc) is 3.08. The maximum Gasteiger partial charge on any atom is 0.319 e. The van der Waals surface area contributed by atoms with E-state index in [4.69, 9.17) is 0 Å². The lowest BCUT2D eigenvalue weighted by atomic mass is 9.92. The second kappa shape index (κ2) is 6.73. The summed E-state index contributed by atoms with van der Waals surface area (Å²) in [5.41, 5.74) is 0.445. The number of anilines is 1. The van der Waals surface area contributed by atoms with E-state index in [0.29, 0.717) is 5.69 Å². The van der Waals surface area contributed by atoms with Crippen LogP contribution in [0.4, 0.5) is 16.2 Å². The maximum absolute atomic E-state index is 12.7. The van der Waals surface area contributed by atoms with Gasteiger partial charge in [0, 0.05) is 28.4 Å². The Hall–Kier alpha value is -3.20.